The Morgan fingerprint density at radius 2 is 2.00 bits per heavy atom. The van der Waals surface area contributed by atoms with E-state index in [2.05, 4.69) is 21.7 Å². The van der Waals surface area contributed by atoms with E-state index in [0.29, 0.717) is 17.9 Å². The van der Waals surface area contributed by atoms with Crippen molar-refractivity contribution in [3.63, 3.8) is 0 Å². The molecular formula is C19H19N3O2S2. The molecule has 0 fully saturated rings. The van der Waals surface area contributed by atoms with Gasteiger partial charge in [0.05, 0.1) is 16.0 Å². The fourth-order valence-corrected chi connectivity index (χ4v) is 4.31. The zero-order chi connectivity index (χ0) is 18.4. The SMILES string of the molecule is CNC(=O)c1cccc(CNC(=O)CSCc2nc3ccccc3s2)c1. The van der Waals surface area contributed by atoms with Gasteiger partial charge in [0.25, 0.3) is 5.91 Å². The summed E-state index contributed by atoms with van der Waals surface area (Å²) in [5.74, 6) is 0.940. The summed E-state index contributed by atoms with van der Waals surface area (Å²) in [5, 5.41) is 6.51. The first-order valence-corrected chi connectivity index (χ1v) is 10.1. The van der Waals surface area contributed by atoms with E-state index in [1.54, 1.807) is 42.3 Å². The number of nitrogens with zero attached hydrogens (tertiary/aromatic N) is 1. The van der Waals surface area contributed by atoms with Crippen LogP contribution in [0.4, 0.5) is 0 Å². The highest BCUT2D eigenvalue weighted by Crippen LogP contribution is 2.24. The molecule has 2 N–H and O–H groups in total. The monoisotopic (exact) mass is 385 g/mol. The number of carbonyl (C=O) groups excluding carboxylic acids is 2. The van der Waals surface area contributed by atoms with Gasteiger partial charge in [-0.3, -0.25) is 9.59 Å². The van der Waals surface area contributed by atoms with Crippen LogP contribution in [0.3, 0.4) is 0 Å². The number of aromatic nitrogens is 1. The minimum absolute atomic E-state index is 0.0264. The number of nitrogens with one attached hydrogen (secondary N) is 2. The van der Waals surface area contributed by atoms with E-state index in [1.165, 1.54) is 4.70 Å². The Hall–Kier alpha value is -2.38. The lowest BCUT2D eigenvalue weighted by Gasteiger charge is -2.07. The number of thiazole rings is 1. The van der Waals surface area contributed by atoms with Gasteiger partial charge >= 0.3 is 0 Å². The zero-order valence-corrected chi connectivity index (χ0v) is 16.0. The summed E-state index contributed by atoms with van der Waals surface area (Å²) in [4.78, 5) is 28.2. The molecule has 0 aliphatic heterocycles. The lowest BCUT2D eigenvalue weighted by Crippen LogP contribution is -2.25. The normalized spacial score (nSPS) is 10.7. The van der Waals surface area contributed by atoms with E-state index < -0.39 is 0 Å². The molecule has 0 unspecified atom stereocenters. The van der Waals surface area contributed by atoms with Crippen LogP contribution in [0.1, 0.15) is 20.9 Å². The zero-order valence-electron chi connectivity index (χ0n) is 14.3. The molecule has 2 aromatic carbocycles. The Bertz CT molecular complexity index is 891. The quantitative estimate of drug-likeness (QED) is 0.655. The third kappa shape index (κ3) is 4.83. The second-order valence-electron chi connectivity index (χ2n) is 5.62. The van der Waals surface area contributed by atoms with Gasteiger partial charge in [0.15, 0.2) is 0 Å². The Morgan fingerprint density at radius 3 is 2.81 bits per heavy atom. The third-order valence-corrected chi connectivity index (χ3v) is 5.87. The Balaban J connectivity index is 1.45. The summed E-state index contributed by atoms with van der Waals surface area (Å²) in [7, 11) is 1.60. The predicted molar refractivity (Wildman–Crippen MR) is 107 cm³/mol. The van der Waals surface area contributed by atoms with Crippen LogP contribution in [-0.4, -0.2) is 29.6 Å². The summed E-state index contributed by atoms with van der Waals surface area (Å²) in [6.45, 7) is 0.408. The highest BCUT2D eigenvalue weighted by atomic mass is 32.2. The van der Waals surface area contributed by atoms with Crippen LogP contribution in [0.15, 0.2) is 48.5 Å². The maximum atomic E-state index is 12.0. The van der Waals surface area contributed by atoms with Gasteiger partial charge in [-0.2, -0.15) is 0 Å². The maximum absolute atomic E-state index is 12.0. The standard InChI is InChI=1S/C19H19N3O2S2/c1-20-19(24)14-6-4-5-13(9-14)10-21-17(23)11-25-12-18-22-15-7-2-3-8-16(15)26-18/h2-9H,10-12H2,1H3,(H,20,24)(H,21,23). The first kappa shape index (κ1) is 18.4. The molecule has 0 spiro atoms. The third-order valence-electron chi connectivity index (χ3n) is 3.70. The van der Waals surface area contributed by atoms with Crippen molar-refractivity contribution in [1.82, 2.24) is 15.6 Å². The van der Waals surface area contributed by atoms with Crippen LogP contribution < -0.4 is 10.6 Å². The minimum atomic E-state index is -0.135. The molecule has 2 amide bonds. The number of hydrogen-bond donors (Lipinski definition) is 2. The smallest absolute Gasteiger partial charge is 0.251 e. The second kappa shape index (κ2) is 8.82. The van der Waals surface area contributed by atoms with Gasteiger partial charge < -0.3 is 10.6 Å². The van der Waals surface area contributed by atoms with Crippen molar-refractivity contribution < 1.29 is 9.59 Å². The van der Waals surface area contributed by atoms with Crippen LogP contribution in [-0.2, 0) is 17.1 Å². The number of thioether (sulfide) groups is 1. The van der Waals surface area contributed by atoms with Crippen molar-refractivity contribution >= 4 is 45.1 Å². The van der Waals surface area contributed by atoms with E-state index in [-0.39, 0.29) is 11.8 Å². The number of para-hydroxylation sites is 1. The van der Waals surface area contributed by atoms with Gasteiger partial charge in [0.1, 0.15) is 5.01 Å². The van der Waals surface area contributed by atoms with Crippen molar-refractivity contribution in [2.45, 2.75) is 12.3 Å². The summed E-state index contributed by atoms with van der Waals surface area (Å²) in [6, 6.07) is 15.3. The molecule has 134 valence electrons. The molecule has 7 heteroatoms. The van der Waals surface area contributed by atoms with Gasteiger partial charge in [0.2, 0.25) is 5.91 Å². The Morgan fingerprint density at radius 1 is 1.15 bits per heavy atom. The molecule has 0 atom stereocenters. The number of benzene rings is 2. The minimum Gasteiger partial charge on any atom is -0.355 e. The molecule has 3 aromatic rings. The first-order valence-electron chi connectivity index (χ1n) is 8.15. The summed E-state index contributed by atoms with van der Waals surface area (Å²) in [5.41, 5.74) is 2.49. The van der Waals surface area contributed by atoms with E-state index in [9.17, 15) is 9.59 Å². The van der Waals surface area contributed by atoms with E-state index in [1.807, 2.05) is 30.3 Å². The first-order chi connectivity index (χ1) is 12.7. The van der Waals surface area contributed by atoms with Crippen molar-refractivity contribution in [2.75, 3.05) is 12.8 Å². The Kier molecular flexibility index (Phi) is 6.25. The van der Waals surface area contributed by atoms with Crippen molar-refractivity contribution in [3.05, 3.63) is 64.7 Å². The highest BCUT2D eigenvalue weighted by molar-refractivity contribution is 7.99. The molecule has 0 saturated heterocycles. The van der Waals surface area contributed by atoms with Crippen LogP contribution in [0.5, 0.6) is 0 Å². The average Bonchev–Trinajstić information content (AvgIpc) is 3.08. The molecule has 0 radical (unpaired) electrons. The topological polar surface area (TPSA) is 71.1 Å². The van der Waals surface area contributed by atoms with Crippen molar-refractivity contribution in [1.29, 1.82) is 0 Å². The lowest BCUT2D eigenvalue weighted by atomic mass is 10.1. The van der Waals surface area contributed by atoms with Crippen molar-refractivity contribution in [3.8, 4) is 0 Å². The fraction of sp³-hybridized carbons (Fsp3) is 0.211. The van der Waals surface area contributed by atoms with Crippen molar-refractivity contribution in [2.24, 2.45) is 0 Å². The molecule has 0 aliphatic carbocycles. The van der Waals surface area contributed by atoms with Crippen LogP contribution in [0, 0.1) is 0 Å². The summed E-state index contributed by atoms with van der Waals surface area (Å²) >= 11 is 3.21. The average molecular weight is 386 g/mol. The van der Waals surface area contributed by atoms with Gasteiger partial charge in [-0.15, -0.1) is 23.1 Å². The highest BCUT2D eigenvalue weighted by Gasteiger charge is 2.07. The molecule has 0 saturated carbocycles. The summed E-state index contributed by atoms with van der Waals surface area (Å²) in [6.07, 6.45) is 0. The van der Waals surface area contributed by atoms with Gasteiger partial charge in [-0.1, -0.05) is 24.3 Å². The number of fused-ring (bicyclic) bond motifs is 1. The lowest BCUT2D eigenvalue weighted by molar-refractivity contribution is -0.118. The van der Waals surface area contributed by atoms with Gasteiger partial charge in [0, 0.05) is 24.9 Å². The van der Waals surface area contributed by atoms with E-state index >= 15 is 0 Å². The molecule has 1 heterocycles. The largest absolute Gasteiger partial charge is 0.355 e. The van der Waals surface area contributed by atoms with E-state index in [0.717, 1.165) is 21.8 Å². The molecular weight excluding hydrogens is 366 g/mol. The molecule has 3 rings (SSSR count). The predicted octanol–water partition coefficient (Wildman–Crippen LogP) is 3.21. The molecule has 5 nitrogen and oxygen atoms in total. The van der Waals surface area contributed by atoms with Gasteiger partial charge in [-0.05, 0) is 29.8 Å². The van der Waals surface area contributed by atoms with E-state index in [4.69, 9.17) is 0 Å². The van der Waals surface area contributed by atoms with Gasteiger partial charge in [-0.25, -0.2) is 4.98 Å². The molecule has 26 heavy (non-hydrogen) atoms. The molecule has 0 aliphatic rings. The van der Waals surface area contributed by atoms with Crippen LogP contribution >= 0.6 is 23.1 Å². The Labute approximate surface area is 160 Å². The molecule has 0 bridgehead atoms. The maximum Gasteiger partial charge on any atom is 0.251 e. The number of hydrogen-bond acceptors (Lipinski definition) is 5. The number of amides is 2. The molecule has 1 aromatic heterocycles. The number of rotatable bonds is 7. The number of carbonyl (C=O) groups is 2. The van der Waals surface area contributed by atoms with Crippen LogP contribution in [0.2, 0.25) is 0 Å². The summed E-state index contributed by atoms with van der Waals surface area (Å²) < 4.78 is 1.17. The second-order valence-corrected chi connectivity index (χ2v) is 7.73. The fourth-order valence-electron chi connectivity index (χ4n) is 2.43. The van der Waals surface area contributed by atoms with Crippen LogP contribution in [0.25, 0.3) is 10.2 Å².